The minimum absolute atomic E-state index is 0.669. The number of rotatable bonds is 6. The maximum atomic E-state index is 5.19. The fourth-order valence-corrected chi connectivity index (χ4v) is 6.50. The molecule has 0 aliphatic rings. The van der Waals surface area contributed by atoms with E-state index in [0.717, 1.165) is 72.8 Å². The smallest absolute Gasteiger partial charge is 0.160 e. The lowest BCUT2D eigenvalue weighted by Gasteiger charge is -2.13. The second-order valence-corrected chi connectivity index (χ2v) is 12.2. The van der Waals surface area contributed by atoms with Crippen LogP contribution in [0.15, 0.2) is 176 Å². The molecule has 0 aliphatic heterocycles. The molecule has 0 saturated heterocycles. The molecule has 0 amide bonds. The van der Waals surface area contributed by atoms with Crippen molar-refractivity contribution in [1.82, 2.24) is 24.9 Å². The first kappa shape index (κ1) is 29.3. The number of aromatic nitrogens is 5. The van der Waals surface area contributed by atoms with Crippen molar-refractivity contribution in [2.75, 3.05) is 0 Å². The number of fused-ring (bicyclic) bond motifs is 2. The quantitative estimate of drug-likeness (QED) is 0.181. The van der Waals surface area contributed by atoms with Gasteiger partial charge >= 0.3 is 0 Å². The van der Waals surface area contributed by atoms with Gasteiger partial charge in [-0.1, -0.05) is 127 Å². The third-order valence-corrected chi connectivity index (χ3v) is 8.99. The molecule has 4 aromatic heterocycles. The lowest BCUT2D eigenvalue weighted by molar-refractivity contribution is 1.17. The summed E-state index contributed by atoms with van der Waals surface area (Å²) < 4.78 is 0. The number of hydrogen-bond donors (Lipinski definition) is 0. The Bertz CT molecular complexity index is 2470. The van der Waals surface area contributed by atoms with Gasteiger partial charge in [0.05, 0.1) is 34.2 Å². The molecule has 234 valence electrons. The molecule has 9 rings (SSSR count). The van der Waals surface area contributed by atoms with Gasteiger partial charge in [-0.15, -0.1) is 0 Å². The van der Waals surface area contributed by atoms with Gasteiger partial charge in [0.25, 0.3) is 0 Å². The second kappa shape index (κ2) is 12.6. The maximum absolute atomic E-state index is 5.19. The zero-order valence-corrected chi connectivity index (χ0v) is 27.0. The zero-order valence-electron chi connectivity index (χ0n) is 27.0. The van der Waals surface area contributed by atoms with Gasteiger partial charge in [0, 0.05) is 34.5 Å². The van der Waals surface area contributed by atoms with E-state index in [1.54, 1.807) is 0 Å². The van der Waals surface area contributed by atoms with Gasteiger partial charge in [-0.2, -0.15) is 0 Å². The van der Waals surface area contributed by atoms with E-state index in [9.17, 15) is 0 Å². The summed E-state index contributed by atoms with van der Waals surface area (Å²) in [6.07, 6.45) is 3.73. The Morgan fingerprint density at radius 3 is 1.74 bits per heavy atom. The van der Waals surface area contributed by atoms with Crippen molar-refractivity contribution >= 4 is 21.5 Å². The van der Waals surface area contributed by atoms with E-state index in [2.05, 4.69) is 84.9 Å². The molecule has 0 radical (unpaired) electrons. The first-order valence-electron chi connectivity index (χ1n) is 16.6. The Morgan fingerprint density at radius 2 is 0.980 bits per heavy atom. The molecule has 0 aliphatic carbocycles. The zero-order chi connectivity index (χ0) is 33.3. The predicted octanol–water partition coefficient (Wildman–Crippen LogP) is 11.0. The minimum Gasteiger partial charge on any atom is -0.254 e. The highest BCUT2D eigenvalue weighted by atomic mass is 14.9. The Hall–Kier alpha value is -6.85. The van der Waals surface area contributed by atoms with Crippen molar-refractivity contribution in [2.24, 2.45) is 0 Å². The van der Waals surface area contributed by atoms with Gasteiger partial charge in [0.15, 0.2) is 5.82 Å². The van der Waals surface area contributed by atoms with Crippen molar-refractivity contribution in [3.05, 3.63) is 176 Å². The van der Waals surface area contributed by atoms with Gasteiger partial charge in [0.1, 0.15) is 0 Å². The minimum atomic E-state index is 0.669. The van der Waals surface area contributed by atoms with Crippen molar-refractivity contribution in [2.45, 2.75) is 0 Å². The third-order valence-electron chi connectivity index (χ3n) is 8.99. The number of hydrogen-bond acceptors (Lipinski definition) is 5. The van der Waals surface area contributed by atoms with E-state index in [1.165, 1.54) is 10.8 Å². The van der Waals surface area contributed by atoms with Gasteiger partial charge in [-0.25, -0.2) is 15.0 Å². The highest BCUT2D eigenvalue weighted by molar-refractivity contribution is 5.99. The van der Waals surface area contributed by atoms with Crippen LogP contribution in [0, 0.1) is 0 Å². The van der Waals surface area contributed by atoms with Crippen LogP contribution >= 0.6 is 0 Å². The van der Waals surface area contributed by atoms with Gasteiger partial charge in [-0.05, 0) is 63.7 Å². The summed E-state index contributed by atoms with van der Waals surface area (Å²) in [6.45, 7) is 0. The third kappa shape index (κ3) is 5.57. The van der Waals surface area contributed by atoms with Crippen LogP contribution in [0.2, 0.25) is 0 Å². The number of nitrogens with zero attached hydrogens (tertiary/aromatic N) is 5. The molecular weight excluding hydrogens is 611 g/mol. The summed E-state index contributed by atoms with van der Waals surface area (Å²) in [4.78, 5) is 24.9. The predicted molar refractivity (Wildman–Crippen MR) is 203 cm³/mol. The molecule has 9 aromatic rings. The van der Waals surface area contributed by atoms with E-state index in [1.807, 2.05) is 91.3 Å². The Labute approximate surface area is 289 Å². The number of pyridine rings is 3. The highest BCUT2D eigenvalue weighted by Crippen LogP contribution is 2.35. The first-order chi connectivity index (χ1) is 24.8. The van der Waals surface area contributed by atoms with Gasteiger partial charge in [-0.3, -0.25) is 9.97 Å². The molecule has 0 atom stereocenters. The normalized spacial score (nSPS) is 11.2. The molecular formula is C45H29N5. The van der Waals surface area contributed by atoms with Crippen LogP contribution in [0.1, 0.15) is 0 Å². The molecule has 50 heavy (non-hydrogen) atoms. The van der Waals surface area contributed by atoms with Gasteiger partial charge < -0.3 is 0 Å². The second-order valence-electron chi connectivity index (χ2n) is 12.2. The summed E-state index contributed by atoms with van der Waals surface area (Å²) in [5, 5.41) is 4.54. The summed E-state index contributed by atoms with van der Waals surface area (Å²) in [6, 6.07) is 55.9. The van der Waals surface area contributed by atoms with Crippen molar-refractivity contribution in [3.8, 4) is 67.8 Å². The fourth-order valence-electron chi connectivity index (χ4n) is 6.50. The molecule has 0 saturated carbocycles. The summed E-state index contributed by atoms with van der Waals surface area (Å²) >= 11 is 0. The van der Waals surface area contributed by atoms with Crippen molar-refractivity contribution in [3.63, 3.8) is 0 Å². The van der Waals surface area contributed by atoms with Crippen LogP contribution in [0.25, 0.3) is 89.4 Å². The van der Waals surface area contributed by atoms with E-state index in [0.29, 0.717) is 5.82 Å². The number of benzene rings is 5. The Balaban J connectivity index is 1.18. The SMILES string of the molecule is c1ccc(-c2cc(-c3ccc(-c4cc(-c5cccc6ccccc56)cc(-c5nccc6ccccc56)n4)nc3)nc(-c3ccccc3)n2)cc1. The van der Waals surface area contributed by atoms with Crippen LogP contribution in [-0.4, -0.2) is 24.9 Å². The van der Waals surface area contributed by atoms with Crippen molar-refractivity contribution < 1.29 is 0 Å². The van der Waals surface area contributed by atoms with E-state index >= 15 is 0 Å². The van der Waals surface area contributed by atoms with Crippen LogP contribution in [0.5, 0.6) is 0 Å². The molecule has 4 heterocycles. The first-order valence-corrected chi connectivity index (χ1v) is 16.6. The molecule has 0 fully saturated rings. The molecule has 0 unspecified atom stereocenters. The fraction of sp³-hybridized carbons (Fsp3) is 0. The van der Waals surface area contributed by atoms with Crippen molar-refractivity contribution in [1.29, 1.82) is 0 Å². The Kier molecular flexibility index (Phi) is 7.41. The highest BCUT2D eigenvalue weighted by Gasteiger charge is 2.16. The van der Waals surface area contributed by atoms with Crippen LogP contribution in [0.3, 0.4) is 0 Å². The van der Waals surface area contributed by atoms with E-state index in [4.69, 9.17) is 24.9 Å². The maximum Gasteiger partial charge on any atom is 0.160 e. The monoisotopic (exact) mass is 639 g/mol. The lowest BCUT2D eigenvalue weighted by atomic mass is 9.96. The largest absolute Gasteiger partial charge is 0.254 e. The van der Waals surface area contributed by atoms with Gasteiger partial charge in [0.2, 0.25) is 0 Å². The lowest BCUT2D eigenvalue weighted by Crippen LogP contribution is -1.97. The molecule has 5 heteroatoms. The average molecular weight is 640 g/mol. The standard InChI is InChI=1S/C45H29N5/c1-3-14-32(15-4-1)40-28-41(50-45(49-40)33-16-5-2-6-17-33)34-22-23-39(47-29-34)42-26-35(37-21-11-18-30-12-7-9-19-36(30)37)27-43(48-42)44-38-20-10-8-13-31(38)24-25-46-44/h1-29H. The molecule has 5 aromatic carbocycles. The van der Waals surface area contributed by atoms with Crippen LogP contribution in [-0.2, 0) is 0 Å². The molecule has 0 spiro atoms. The van der Waals surface area contributed by atoms with E-state index in [-0.39, 0.29) is 0 Å². The van der Waals surface area contributed by atoms with Crippen LogP contribution in [0.4, 0.5) is 0 Å². The molecule has 5 nitrogen and oxygen atoms in total. The summed E-state index contributed by atoms with van der Waals surface area (Å²) in [5.74, 6) is 0.669. The van der Waals surface area contributed by atoms with Crippen LogP contribution < -0.4 is 0 Å². The topological polar surface area (TPSA) is 64.5 Å². The molecule has 0 bridgehead atoms. The summed E-state index contributed by atoms with van der Waals surface area (Å²) in [5.41, 5.74) is 9.89. The van der Waals surface area contributed by atoms with E-state index < -0.39 is 0 Å². The average Bonchev–Trinajstić information content (AvgIpc) is 3.21. The Morgan fingerprint density at radius 1 is 0.340 bits per heavy atom. The summed E-state index contributed by atoms with van der Waals surface area (Å²) in [7, 11) is 0. The molecule has 0 N–H and O–H groups in total.